The van der Waals surface area contributed by atoms with Crippen molar-refractivity contribution in [3.8, 4) is 0 Å². The van der Waals surface area contributed by atoms with Gasteiger partial charge in [-0.1, -0.05) is 6.07 Å². The van der Waals surface area contributed by atoms with Crippen molar-refractivity contribution in [1.82, 2.24) is 10.3 Å². The van der Waals surface area contributed by atoms with E-state index in [9.17, 15) is 9.59 Å². The summed E-state index contributed by atoms with van der Waals surface area (Å²) in [6.45, 7) is 1.59. The number of nitrogens with zero attached hydrogens (tertiary/aromatic N) is 1. The van der Waals surface area contributed by atoms with Crippen molar-refractivity contribution in [2.45, 2.75) is 12.5 Å². The van der Waals surface area contributed by atoms with E-state index in [-0.39, 0.29) is 5.70 Å². The summed E-state index contributed by atoms with van der Waals surface area (Å²) in [7, 11) is 0. The van der Waals surface area contributed by atoms with Gasteiger partial charge in [-0.2, -0.15) is 0 Å². The topological polar surface area (TPSA) is 111 Å². The van der Waals surface area contributed by atoms with E-state index in [4.69, 9.17) is 11.5 Å². The maximum absolute atomic E-state index is 11.6. The fourth-order valence-electron chi connectivity index (χ4n) is 1.79. The van der Waals surface area contributed by atoms with E-state index in [2.05, 4.69) is 10.3 Å². The van der Waals surface area contributed by atoms with Crippen LogP contribution < -0.4 is 16.8 Å². The van der Waals surface area contributed by atoms with Gasteiger partial charge < -0.3 is 16.8 Å². The molecule has 1 unspecified atom stereocenters. The molecule has 0 saturated heterocycles. The summed E-state index contributed by atoms with van der Waals surface area (Å²) in [5.74, 6) is -1.26. The maximum atomic E-state index is 11.6. The Balaban J connectivity index is 2.65. The predicted molar refractivity (Wildman–Crippen MR) is 61.1 cm³/mol. The highest BCUT2D eigenvalue weighted by Gasteiger charge is 2.39. The highest BCUT2D eigenvalue weighted by Crippen LogP contribution is 2.29. The molecule has 88 valence electrons. The Labute approximate surface area is 97.7 Å². The van der Waals surface area contributed by atoms with Crippen molar-refractivity contribution in [1.29, 1.82) is 0 Å². The summed E-state index contributed by atoms with van der Waals surface area (Å²) in [4.78, 5) is 26.8. The van der Waals surface area contributed by atoms with E-state index in [0.29, 0.717) is 11.3 Å². The molecule has 0 saturated carbocycles. The molecule has 2 rings (SSSR count). The number of amides is 2. The third kappa shape index (κ3) is 1.63. The Bertz CT molecular complexity index is 538. The number of hydrogen-bond donors (Lipinski definition) is 3. The molecule has 0 aliphatic carbocycles. The van der Waals surface area contributed by atoms with Gasteiger partial charge in [0, 0.05) is 11.8 Å². The normalized spacial score (nSPS) is 22.1. The van der Waals surface area contributed by atoms with Gasteiger partial charge in [0.25, 0.3) is 5.91 Å². The number of carbonyl (C=O) groups excluding carboxylic acids is 2. The molecule has 0 bridgehead atoms. The molecule has 0 fully saturated rings. The van der Waals surface area contributed by atoms with Crippen molar-refractivity contribution < 1.29 is 9.59 Å². The Hall–Kier alpha value is -2.37. The van der Waals surface area contributed by atoms with Crippen molar-refractivity contribution in [2.24, 2.45) is 11.5 Å². The largest absolute Gasteiger partial charge is 0.367 e. The number of fused-ring (bicyclic) bond motifs is 1. The lowest BCUT2D eigenvalue weighted by molar-refractivity contribution is -0.124. The summed E-state index contributed by atoms with van der Waals surface area (Å²) in [5.41, 5.74) is 10.6. The summed E-state index contributed by atoms with van der Waals surface area (Å²) >= 11 is 0. The zero-order chi connectivity index (χ0) is 12.6. The third-order valence-electron chi connectivity index (χ3n) is 2.80. The lowest BCUT2D eigenvalue weighted by atomic mass is 9.86. The van der Waals surface area contributed by atoms with Gasteiger partial charge in [0.05, 0.1) is 5.69 Å². The second kappa shape index (κ2) is 3.58. The monoisotopic (exact) mass is 232 g/mol. The fourth-order valence-corrected chi connectivity index (χ4v) is 1.79. The number of nitrogens with two attached hydrogens (primary N) is 2. The Morgan fingerprint density at radius 2 is 2.12 bits per heavy atom. The molecule has 1 aliphatic heterocycles. The van der Waals surface area contributed by atoms with E-state index in [1.165, 1.54) is 6.08 Å². The van der Waals surface area contributed by atoms with Crippen LogP contribution in [0.4, 0.5) is 0 Å². The van der Waals surface area contributed by atoms with Gasteiger partial charge in [-0.25, -0.2) is 0 Å². The standard InChI is InChI=1S/C11H12N4O2/c1-11(10(13)17)6-3-2-4-14-7(6)5-8(15-11)9(12)16/h2-5,15H,1H3,(H2,12,16)(H2,13,17). The van der Waals surface area contributed by atoms with Gasteiger partial charge in [0.15, 0.2) is 0 Å². The number of rotatable bonds is 2. The molecule has 0 spiro atoms. The Morgan fingerprint density at radius 3 is 2.71 bits per heavy atom. The third-order valence-corrected chi connectivity index (χ3v) is 2.80. The summed E-state index contributed by atoms with van der Waals surface area (Å²) in [6, 6.07) is 3.43. The van der Waals surface area contributed by atoms with E-state index in [1.54, 1.807) is 25.3 Å². The first kappa shape index (κ1) is 11.1. The van der Waals surface area contributed by atoms with Crippen LogP contribution in [0.1, 0.15) is 18.2 Å². The average Bonchev–Trinajstić information content (AvgIpc) is 2.28. The van der Waals surface area contributed by atoms with Crippen molar-refractivity contribution in [3.63, 3.8) is 0 Å². The minimum atomic E-state index is -1.18. The number of primary amides is 2. The zero-order valence-corrected chi connectivity index (χ0v) is 9.23. The van der Waals surface area contributed by atoms with E-state index in [1.807, 2.05) is 0 Å². The highest BCUT2D eigenvalue weighted by atomic mass is 16.2. The van der Waals surface area contributed by atoms with Crippen LogP contribution in [0.3, 0.4) is 0 Å². The van der Waals surface area contributed by atoms with Crippen LogP contribution in [0, 0.1) is 0 Å². The first-order chi connectivity index (χ1) is 7.95. The molecule has 1 aromatic heterocycles. The minimum Gasteiger partial charge on any atom is -0.367 e. The summed E-state index contributed by atoms with van der Waals surface area (Å²) in [5, 5.41) is 2.76. The highest BCUT2D eigenvalue weighted by molar-refractivity contribution is 5.99. The molecule has 5 N–H and O–H groups in total. The second-order valence-corrected chi connectivity index (χ2v) is 3.97. The van der Waals surface area contributed by atoms with Gasteiger partial charge in [0.1, 0.15) is 11.2 Å². The van der Waals surface area contributed by atoms with Crippen molar-refractivity contribution in [2.75, 3.05) is 0 Å². The molecule has 1 aliphatic rings. The van der Waals surface area contributed by atoms with Gasteiger partial charge >= 0.3 is 0 Å². The molecule has 0 aromatic carbocycles. The van der Waals surface area contributed by atoms with Crippen LogP contribution in [0.5, 0.6) is 0 Å². The smallest absolute Gasteiger partial charge is 0.264 e. The van der Waals surface area contributed by atoms with Crippen LogP contribution in [-0.2, 0) is 15.1 Å². The molecule has 6 heteroatoms. The van der Waals surface area contributed by atoms with Crippen LogP contribution in [0.25, 0.3) is 6.08 Å². The molecule has 2 amide bonds. The van der Waals surface area contributed by atoms with Crippen LogP contribution >= 0.6 is 0 Å². The maximum Gasteiger partial charge on any atom is 0.264 e. The molecule has 17 heavy (non-hydrogen) atoms. The SMILES string of the molecule is CC1(C(N)=O)NC(C(N)=O)=Cc2ncccc21. The van der Waals surface area contributed by atoms with Crippen molar-refractivity contribution in [3.05, 3.63) is 35.3 Å². The van der Waals surface area contributed by atoms with E-state index < -0.39 is 17.4 Å². The number of hydrogen-bond acceptors (Lipinski definition) is 4. The predicted octanol–water partition coefficient (Wildman–Crippen LogP) is -0.788. The number of nitrogens with one attached hydrogen (secondary N) is 1. The average molecular weight is 232 g/mol. The molecule has 6 nitrogen and oxygen atoms in total. The lowest BCUT2D eigenvalue weighted by Gasteiger charge is -2.33. The quantitative estimate of drug-likeness (QED) is 0.620. The second-order valence-electron chi connectivity index (χ2n) is 3.97. The van der Waals surface area contributed by atoms with Gasteiger partial charge in [-0.3, -0.25) is 14.6 Å². The van der Waals surface area contributed by atoms with Gasteiger partial charge in [-0.15, -0.1) is 0 Å². The van der Waals surface area contributed by atoms with E-state index >= 15 is 0 Å². The van der Waals surface area contributed by atoms with Crippen molar-refractivity contribution >= 4 is 17.9 Å². The van der Waals surface area contributed by atoms with Crippen LogP contribution in [0.15, 0.2) is 24.0 Å². The van der Waals surface area contributed by atoms with E-state index in [0.717, 1.165) is 0 Å². The van der Waals surface area contributed by atoms with Gasteiger partial charge in [0.2, 0.25) is 5.91 Å². The fraction of sp³-hybridized carbons (Fsp3) is 0.182. The van der Waals surface area contributed by atoms with Crippen LogP contribution in [-0.4, -0.2) is 16.8 Å². The summed E-state index contributed by atoms with van der Waals surface area (Å²) < 4.78 is 0. The molecular formula is C11H12N4O2. The Kier molecular flexibility index (Phi) is 2.35. The molecule has 1 aromatic rings. The first-order valence-electron chi connectivity index (χ1n) is 5.00. The molecular weight excluding hydrogens is 220 g/mol. The van der Waals surface area contributed by atoms with Crippen LogP contribution in [0.2, 0.25) is 0 Å². The minimum absolute atomic E-state index is 0.123. The summed E-state index contributed by atoms with van der Waals surface area (Å²) in [6.07, 6.45) is 3.07. The molecule has 1 atom stereocenters. The number of aromatic nitrogens is 1. The lowest BCUT2D eigenvalue weighted by Crippen LogP contribution is -2.53. The first-order valence-corrected chi connectivity index (χ1v) is 5.00. The zero-order valence-electron chi connectivity index (χ0n) is 9.23. The Morgan fingerprint density at radius 1 is 1.41 bits per heavy atom. The van der Waals surface area contributed by atoms with Gasteiger partial charge in [-0.05, 0) is 19.1 Å². The number of pyridine rings is 1. The number of carbonyl (C=O) groups is 2. The molecule has 0 radical (unpaired) electrons. The molecule has 2 heterocycles.